The van der Waals surface area contributed by atoms with Crippen LogP contribution in [0.4, 0.5) is 0 Å². The smallest absolute Gasteiger partial charge is 0.223 e. The Balaban J connectivity index is 1.49. The summed E-state index contributed by atoms with van der Waals surface area (Å²) in [5.74, 6) is 1.26. The number of rotatable bonds is 4. The van der Waals surface area contributed by atoms with E-state index in [1.54, 1.807) is 6.26 Å². The summed E-state index contributed by atoms with van der Waals surface area (Å²) in [5, 5.41) is 3.22. The number of piperidine rings is 1. The number of carbonyl (C=O) groups is 1. The summed E-state index contributed by atoms with van der Waals surface area (Å²) in [6, 6.07) is 0.296. The second kappa shape index (κ2) is 5.95. The Hall–Kier alpha value is -1.36. The van der Waals surface area contributed by atoms with Crippen molar-refractivity contribution in [2.75, 3.05) is 13.1 Å². The number of carbonyl (C=O) groups excluding carboxylic acids is 1. The summed E-state index contributed by atoms with van der Waals surface area (Å²) in [5.41, 5.74) is 0.980. The van der Waals surface area contributed by atoms with E-state index in [-0.39, 0.29) is 11.8 Å². The lowest BCUT2D eigenvalue weighted by atomic mass is 9.84. The lowest BCUT2D eigenvalue weighted by Crippen LogP contribution is -2.49. The first kappa shape index (κ1) is 13.6. The highest BCUT2D eigenvalue weighted by atomic mass is 16.3. The zero-order chi connectivity index (χ0) is 13.9. The molecular weight excluding hydrogens is 254 g/mol. The van der Waals surface area contributed by atoms with Gasteiger partial charge in [-0.25, -0.2) is 4.98 Å². The normalized spacial score (nSPS) is 24.4. The first-order chi connectivity index (χ1) is 9.70. The predicted molar refractivity (Wildman–Crippen MR) is 75.0 cm³/mol. The fourth-order valence-electron chi connectivity index (χ4n) is 3.02. The Morgan fingerprint density at radius 1 is 1.45 bits per heavy atom. The zero-order valence-electron chi connectivity index (χ0n) is 12.1. The summed E-state index contributed by atoms with van der Waals surface area (Å²) in [4.78, 5) is 18.7. The zero-order valence-corrected chi connectivity index (χ0v) is 12.1. The molecule has 2 fully saturated rings. The van der Waals surface area contributed by atoms with Gasteiger partial charge >= 0.3 is 0 Å². The first-order valence-electron chi connectivity index (χ1n) is 7.64. The molecule has 5 heteroatoms. The second-order valence-corrected chi connectivity index (χ2v) is 6.07. The van der Waals surface area contributed by atoms with Crippen LogP contribution in [-0.2, 0) is 11.3 Å². The number of nitrogens with zero attached hydrogens (tertiary/aromatic N) is 2. The van der Waals surface area contributed by atoms with Gasteiger partial charge in [-0.05, 0) is 32.2 Å². The van der Waals surface area contributed by atoms with Gasteiger partial charge in [0.2, 0.25) is 5.91 Å². The summed E-state index contributed by atoms with van der Waals surface area (Å²) in [6.45, 7) is 4.67. The molecule has 2 heterocycles. The van der Waals surface area contributed by atoms with Crippen molar-refractivity contribution in [3.63, 3.8) is 0 Å². The molecule has 1 aliphatic heterocycles. The van der Waals surface area contributed by atoms with Crippen molar-refractivity contribution in [3.8, 4) is 0 Å². The van der Waals surface area contributed by atoms with Crippen LogP contribution in [-0.4, -0.2) is 34.9 Å². The third kappa shape index (κ3) is 3.20. The Labute approximate surface area is 119 Å². The van der Waals surface area contributed by atoms with Gasteiger partial charge in [0, 0.05) is 32.0 Å². The van der Waals surface area contributed by atoms with Crippen molar-refractivity contribution in [2.45, 2.75) is 51.6 Å². The van der Waals surface area contributed by atoms with Crippen LogP contribution in [0, 0.1) is 12.8 Å². The molecule has 1 unspecified atom stereocenters. The lowest BCUT2D eigenvalue weighted by Gasteiger charge is -2.34. The maximum atomic E-state index is 12.0. The van der Waals surface area contributed by atoms with Crippen molar-refractivity contribution >= 4 is 5.91 Å². The average molecular weight is 277 g/mol. The number of amides is 1. The molecule has 3 rings (SSSR count). The van der Waals surface area contributed by atoms with Gasteiger partial charge < -0.3 is 9.73 Å². The van der Waals surface area contributed by atoms with Gasteiger partial charge in [0.25, 0.3) is 0 Å². The molecule has 2 aliphatic rings. The Morgan fingerprint density at radius 3 is 2.95 bits per heavy atom. The van der Waals surface area contributed by atoms with Gasteiger partial charge in [-0.3, -0.25) is 9.69 Å². The average Bonchev–Trinajstić information content (AvgIpc) is 2.72. The molecule has 5 nitrogen and oxygen atoms in total. The molecule has 1 saturated heterocycles. The minimum atomic E-state index is 0.264. The standard InChI is InChI=1S/C15H23N3O2/c1-11-16-14(10-20-11)9-18-7-3-6-13(8-18)17-15(19)12-4-2-5-12/h10,12-13H,2-9H2,1H3,(H,17,19). The highest BCUT2D eigenvalue weighted by Crippen LogP contribution is 2.26. The lowest BCUT2D eigenvalue weighted by molar-refractivity contribution is -0.128. The van der Waals surface area contributed by atoms with Crippen LogP contribution in [0.3, 0.4) is 0 Å². The maximum absolute atomic E-state index is 12.0. The van der Waals surface area contributed by atoms with Crippen molar-refractivity contribution in [1.82, 2.24) is 15.2 Å². The summed E-state index contributed by atoms with van der Waals surface area (Å²) >= 11 is 0. The number of aryl methyl sites for hydroxylation is 1. The summed E-state index contributed by atoms with van der Waals surface area (Å²) < 4.78 is 5.24. The molecule has 1 atom stereocenters. The summed E-state index contributed by atoms with van der Waals surface area (Å²) in [6.07, 6.45) is 7.30. The quantitative estimate of drug-likeness (QED) is 0.912. The van der Waals surface area contributed by atoms with E-state index in [1.807, 2.05) is 6.92 Å². The molecule has 20 heavy (non-hydrogen) atoms. The van der Waals surface area contributed by atoms with Gasteiger partial charge in [-0.1, -0.05) is 6.42 Å². The largest absolute Gasteiger partial charge is 0.449 e. The number of oxazole rings is 1. The molecule has 0 aromatic carbocycles. The minimum absolute atomic E-state index is 0.264. The van der Waals surface area contributed by atoms with Crippen molar-refractivity contribution in [2.24, 2.45) is 5.92 Å². The summed E-state index contributed by atoms with van der Waals surface area (Å²) in [7, 11) is 0. The molecule has 1 saturated carbocycles. The van der Waals surface area contributed by atoms with Gasteiger partial charge in [0.05, 0.1) is 5.69 Å². The van der Waals surface area contributed by atoms with E-state index in [0.717, 1.165) is 51.0 Å². The fraction of sp³-hybridized carbons (Fsp3) is 0.733. The molecule has 0 spiro atoms. The number of aromatic nitrogens is 1. The van der Waals surface area contributed by atoms with Crippen molar-refractivity contribution < 1.29 is 9.21 Å². The molecule has 1 aromatic rings. The van der Waals surface area contributed by atoms with Crippen LogP contribution in [0.15, 0.2) is 10.7 Å². The van der Waals surface area contributed by atoms with E-state index in [0.29, 0.717) is 11.9 Å². The number of hydrogen-bond acceptors (Lipinski definition) is 4. The molecule has 1 amide bonds. The first-order valence-corrected chi connectivity index (χ1v) is 7.64. The van der Waals surface area contributed by atoms with Crippen molar-refractivity contribution in [3.05, 3.63) is 17.8 Å². The van der Waals surface area contributed by atoms with E-state index in [4.69, 9.17) is 4.42 Å². The molecular formula is C15H23N3O2. The van der Waals surface area contributed by atoms with Gasteiger partial charge in [0.15, 0.2) is 5.89 Å². The van der Waals surface area contributed by atoms with Gasteiger partial charge in [-0.2, -0.15) is 0 Å². The fourth-order valence-corrected chi connectivity index (χ4v) is 3.02. The number of likely N-dealkylation sites (tertiary alicyclic amines) is 1. The highest BCUT2D eigenvalue weighted by molar-refractivity contribution is 5.79. The Morgan fingerprint density at radius 2 is 2.30 bits per heavy atom. The van der Waals surface area contributed by atoms with Crippen LogP contribution in [0.5, 0.6) is 0 Å². The third-order valence-electron chi connectivity index (χ3n) is 4.38. The second-order valence-electron chi connectivity index (χ2n) is 6.07. The SMILES string of the molecule is Cc1nc(CN2CCCC(NC(=O)C3CCC3)C2)co1. The molecule has 0 radical (unpaired) electrons. The van der Waals surface area contributed by atoms with E-state index in [2.05, 4.69) is 15.2 Å². The molecule has 1 N–H and O–H groups in total. The topological polar surface area (TPSA) is 58.4 Å². The minimum Gasteiger partial charge on any atom is -0.449 e. The molecule has 1 aromatic heterocycles. The Bertz CT molecular complexity index is 467. The van der Waals surface area contributed by atoms with E-state index < -0.39 is 0 Å². The number of hydrogen-bond donors (Lipinski definition) is 1. The van der Waals surface area contributed by atoms with Crippen LogP contribution >= 0.6 is 0 Å². The van der Waals surface area contributed by atoms with Gasteiger partial charge in [0.1, 0.15) is 6.26 Å². The number of nitrogens with one attached hydrogen (secondary N) is 1. The van der Waals surface area contributed by atoms with Gasteiger partial charge in [-0.15, -0.1) is 0 Å². The van der Waals surface area contributed by atoms with Crippen LogP contribution in [0.2, 0.25) is 0 Å². The van der Waals surface area contributed by atoms with Crippen LogP contribution < -0.4 is 5.32 Å². The predicted octanol–water partition coefficient (Wildman–Crippen LogP) is 1.86. The van der Waals surface area contributed by atoms with E-state index in [9.17, 15) is 4.79 Å². The highest BCUT2D eigenvalue weighted by Gasteiger charge is 2.28. The van der Waals surface area contributed by atoms with E-state index in [1.165, 1.54) is 6.42 Å². The molecule has 1 aliphatic carbocycles. The van der Waals surface area contributed by atoms with E-state index >= 15 is 0 Å². The monoisotopic (exact) mass is 277 g/mol. The third-order valence-corrected chi connectivity index (χ3v) is 4.38. The Kier molecular flexibility index (Phi) is 4.05. The van der Waals surface area contributed by atoms with Crippen LogP contribution in [0.1, 0.15) is 43.7 Å². The van der Waals surface area contributed by atoms with Crippen molar-refractivity contribution in [1.29, 1.82) is 0 Å². The molecule has 110 valence electrons. The molecule has 0 bridgehead atoms. The van der Waals surface area contributed by atoms with Crippen LogP contribution in [0.25, 0.3) is 0 Å². The maximum Gasteiger partial charge on any atom is 0.223 e.